The minimum atomic E-state index is -3.39. The molecule has 0 aliphatic rings. The first-order valence-corrected chi connectivity index (χ1v) is 7.84. The van der Waals surface area contributed by atoms with E-state index in [0.29, 0.717) is 11.1 Å². The van der Waals surface area contributed by atoms with Crippen LogP contribution in [0.15, 0.2) is 54.9 Å². The quantitative estimate of drug-likeness (QED) is 0.465. The lowest BCUT2D eigenvalue weighted by molar-refractivity contribution is -0.0546. The van der Waals surface area contributed by atoms with E-state index in [0.717, 1.165) is 24.3 Å². The van der Waals surface area contributed by atoms with Gasteiger partial charge in [-0.25, -0.2) is 23.1 Å². The van der Waals surface area contributed by atoms with Crippen molar-refractivity contribution in [2.45, 2.75) is 6.61 Å². The second kappa shape index (κ2) is 8.29. The Hall–Kier alpha value is -3.43. The fraction of sp³-hybridized carbons (Fsp3) is 0.0526. The van der Waals surface area contributed by atoms with E-state index in [-0.39, 0.29) is 17.0 Å². The van der Waals surface area contributed by atoms with Gasteiger partial charge >= 0.3 is 12.7 Å². The highest BCUT2D eigenvalue weighted by Gasteiger charge is 2.18. The molecule has 0 unspecified atom stereocenters. The van der Waals surface area contributed by atoms with E-state index in [1.807, 2.05) is 0 Å². The molecule has 10 heteroatoms. The maximum atomic E-state index is 13.8. The zero-order chi connectivity index (χ0) is 21.1. The third-order valence-electron chi connectivity index (χ3n) is 3.75. The fourth-order valence-electron chi connectivity index (χ4n) is 2.43. The number of aromatic nitrogens is 2. The fourth-order valence-corrected chi connectivity index (χ4v) is 2.43. The third kappa shape index (κ3) is 4.53. The SMILES string of the molecule is FC(F)=C(F)c1ccc(-c2cnc(-c3cc(F)c(OC(F)F)c(F)c3)nc2)cc1. The zero-order valence-corrected chi connectivity index (χ0v) is 14.1. The van der Waals surface area contributed by atoms with Gasteiger partial charge in [-0.2, -0.15) is 17.6 Å². The maximum absolute atomic E-state index is 13.8. The van der Waals surface area contributed by atoms with Crippen molar-refractivity contribution < 1.29 is 35.5 Å². The number of benzene rings is 2. The highest BCUT2D eigenvalue weighted by Crippen LogP contribution is 2.30. The Morgan fingerprint density at radius 1 is 0.793 bits per heavy atom. The summed E-state index contributed by atoms with van der Waals surface area (Å²) in [5.41, 5.74) is 0.479. The van der Waals surface area contributed by atoms with Crippen molar-refractivity contribution in [2.24, 2.45) is 0 Å². The first kappa shape index (κ1) is 20.3. The Balaban J connectivity index is 1.86. The monoisotopic (exact) mass is 414 g/mol. The summed E-state index contributed by atoms with van der Waals surface area (Å²) in [7, 11) is 0. The Morgan fingerprint density at radius 2 is 1.34 bits per heavy atom. The molecule has 1 heterocycles. The van der Waals surface area contributed by atoms with Gasteiger partial charge in [0.05, 0.1) is 0 Å². The summed E-state index contributed by atoms with van der Waals surface area (Å²) in [5.74, 6) is -5.64. The molecule has 0 aliphatic heterocycles. The van der Waals surface area contributed by atoms with Gasteiger partial charge in [0, 0.05) is 29.1 Å². The van der Waals surface area contributed by atoms with Gasteiger partial charge in [-0.15, -0.1) is 0 Å². The summed E-state index contributed by atoms with van der Waals surface area (Å²) >= 11 is 0. The smallest absolute Gasteiger partial charge is 0.387 e. The van der Waals surface area contributed by atoms with Crippen LogP contribution >= 0.6 is 0 Å². The lowest BCUT2D eigenvalue weighted by Crippen LogP contribution is -2.06. The highest BCUT2D eigenvalue weighted by atomic mass is 19.3. The van der Waals surface area contributed by atoms with Crippen LogP contribution in [0.1, 0.15) is 5.56 Å². The molecule has 0 radical (unpaired) electrons. The normalized spacial score (nSPS) is 10.9. The molecule has 150 valence electrons. The van der Waals surface area contributed by atoms with Crippen LogP contribution in [-0.2, 0) is 0 Å². The number of alkyl halides is 2. The predicted molar refractivity (Wildman–Crippen MR) is 89.7 cm³/mol. The minimum absolute atomic E-state index is 0.0970. The average molecular weight is 414 g/mol. The van der Waals surface area contributed by atoms with Gasteiger partial charge < -0.3 is 4.74 Å². The molecule has 2 aromatic carbocycles. The molecule has 0 fully saturated rings. The van der Waals surface area contributed by atoms with E-state index < -0.39 is 35.9 Å². The molecule has 3 nitrogen and oxygen atoms in total. The Kier molecular flexibility index (Phi) is 5.81. The second-order valence-corrected chi connectivity index (χ2v) is 5.59. The van der Waals surface area contributed by atoms with Crippen LogP contribution in [0.3, 0.4) is 0 Å². The van der Waals surface area contributed by atoms with Crippen LogP contribution < -0.4 is 4.74 Å². The molecule has 3 aromatic rings. The second-order valence-electron chi connectivity index (χ2n) is 5.59. The number of halogens is 7. The molecule has 0 spiro atoms. The lowest BCUT2D eigenvalue weighted by atomic mass is 10.1. The van der Waals surface area contributed by atoms with Crippen molar-refractivity contribution in [2.75, 3.05) is 0 Å². The maximum Gasteiger partial charge on any atom is 0.387 e. The summed E-state index contributed by atoms with van der Waals surface area (Å²) in [4.78, 5) is 7.89. The van der Waals surface area contributed by atoms with Crippen LogP contribution in [0, 0.1) is 11.6 Å². The van der Waals surface area contributed by atoms with Crippen LogP contribution in [0.25, 0.3) is 28.3 Å². The molecule has 0 saturated heterocycles. The number of hydrogen-bond acceptors (Lipinski definition) is 3. The number of nitrogens with zero attached hydrogens (tertiary/aromatic N) is 2. The molecule has 0 N–H and O–H groups in total. The van der Waals surface area contributed by atoms with Gasteiger partial charge in [-0.3, -0.25) is 0 Å². The number of hydrogen-bond donors (Lipinski definition) is 0. The van der Waals surface area contributed by atoms with E-state index in [4.69, 9.17) is 0 Å². The predicted octanol–water partition coefficient (Wildman–Crippen LogP) is 6.22. The van der Waals surface area contributed by atoms with E-state index in [2.05, 4.69) is 14.7 Å². The molecule has 0 bridgehead atoms. The minimum Gasteiger partial charge on any atom is -0.429 e. The van der Waals surface area contributed by atoms with Gasteiger partial charge in [-0.1, -0.05) is 24.3 Å². The zero-order valence-electron chi connectivity index (χ0n) is 14.1. The number of ether oxygens (including phenoxy) is 1. The van der Waals surface area contributed by atoms with E-state index >= 15 is 0 Å². The molecule has 3 rings (SSSR count). The molecule has 0 saturated carbocycles. The molecular formula is C19H9F7N2O. The number of rotatable bonds is 5. The molecule has 0 amide bonds. The van der Waals surface area contributed by atoms with E-state index in [1.165, 1.54) is 24.5 Å². The first-order valence-electron chi connectivity index (χ1n) is 7.84. The van der Waals surface area contributed by atoms with Gasteiger partial charge in [0.2, 0.25) is 0 Å². The molecule has 0 atom stereocenters. The van der Waals surface area contributed by atoms with Crippen molar-refractivity contribution in [3.63, 3.8) is 0 Å². The van der Waals surface area contributed by atoms with Crippen molar-refractivity contribution in [3.8, 4) is 28.3 Å². The van der Waals surface area contributed by atoms with Crippen molar-refractivity contribution in [1.29, 1.82) is 0 Å². The van der Waals surface area contributed by atoms with Gasteiger partial charge in [0.15, 0.2) is 29.0 Å². The summed E-state index contributed by atoms with van der Waals surface area (Å²) in [6.45, 7) is -3.39. The van der Waals surface area contributed by atoms with E-state index in [1.54, 1.807) is 0 Å². The molecule has 29 heavy (non-hydrogen) atoms. The first-order chi connectivity index (χ1) is 13.8. The van der Waals surface area contributed by atoms with Gasteiger partial charge in [0.1, 0.15) is 0 Å². The Labute approximate surface area is 159 Å². The molecular weight excluding hydrogens is 405 g/mol. The third-order valence-corrected chi connectivity index (χ3v) is 3.75. The Bertz CT molecular complexity index is 1020. The Morgan fingerprint density at radius 3 is 1.83 bits per heavy atom. The van der Waals surface area contributed by atoms with Crippen molar-refractivity contribution in [1.82, 2.24) is 9.97 Å². The standard InChI is InChI=1S/C19H9F7N2O/c20-13-5-11(6-14(21)16(13)29-19(25)26)18-27-7-12(8-28-18)9-1-3-10(4-2-9)15(22)17(23)24/h1-8,19H. The van der Waals surface area contributed by atoms with E-state index in [9.17, 15) is 30.7 Å². The highest BCUT2D eigenvalue weighted by molar-refractivity contribution is 5.68. The average Bonchev–Trinajstić information content (AvgIpc) is 2.70. The largest absolute Gasteiger partial charge is 0.429 e. The summed E-state index contributed by atoms with van der Waals surface area (Å²) in [5, 5.41) is 0. The van der Waals surface area contributed by atoms with Crippen molar-refractivity contribution >= 4 is 5.83 Å². The summed E-state index contributed by atoms with van der Waals surface area (Å²) in [6, 6.07) is 6.50. The van der Waals surface area contributed by atoms with Crippen LogP contribution in [0.4, 0.5) is 30.7 Å². The van der Waals surface area contributed by atoms with Gasteiger partial charge in [-0.05, 0) is 17.7 Å². The lowest BCUT2D eigenvalue weighted by Gasteiger charge is -2.09. The van der Waals surface area contributed by atoms with Crippen LogP contribution in [0.2, 0.25) is 0 Å². The summed E-state index contributed by atoms with van der Waals surface area (Å²) in [6.07, 6.45) is 0.145. The van der Waals surface area contributed by atoms with Crippen molar-refractivity contribution in [3.05, 3.63) is 72.1 Å². The van der Waals surface area contributed by atoms with Crippen LogP contribution in [-0.4, -0.2) is 16.6 Å². The molecule has 0 aliphatic carbocycles. The van der Waals surface area contributed by atoms with Crippen LogP contribution in [0.5, 0.6) is 5.75 Å². The van der Waals surface area contributed by atoms with Gasteiger partial charge in [0.25, 0.3) is 0 Å². The molecule has 1 aromatic heterocycles. The topological polar surface area (TPSA) is 35.0 Å². The summed E-state index contributed by atoms with van der Waals surface area (Å²) < 4.78 is 93.5.